The molecule has 0 radical (unpaired) electrons. The number of rotatable bonds is 8. The molecule has 1 aromatic heterocycles. The van der Waals surface area contributed by atoms with Gasteiger partial charge in [0.05, 0.1) is 24.8 Å². The second-order valence-electron chi connectivity index (χ2n) is 12.4. The number of aliphatic hydroxyl groups is 1. The molecule has 3 fully saturated rings. The van der Waals surface area contributed by atoms with Crippen LogP contribution in [0, 0.1) is 37.2 Å². The average molecular weight is 812 g/mol. The van der Waals surface area contributed by atoms with Crippen LogP contribution >= 0.6 is 11.8 Å². The third-order valence-corrected chi connectivity index (χ3v) is 10.1. The van der Waals surface area contributed by atoms with E-state index in [0.717, 1.165) is 19.3 Å². The molecule has 3 aliphatic rings. The van der Waals surface area contributed by atoms with Crippen LogP contribution in [0.25, 0.3) is 32.8 Å². The SMILES string of the molecule is C#Cc1c(F)ccc2cccc(-c3c(F)cc4c(N5CC6CCC(C5)N6)nc(OC)nc4c3F)c12.CSCCCC1CCC(CO)N1.[CH3-].[Cs+]. The fourth-order valence-electron chi connectivity index (χ4n) is 7.16. The van der Waals surface area contributed by atoms with Gasteiger partial charge in [-0.3, -0.25) is 0 Å². The van der Waals surface area contributed by atoms with Crippen molar-refractivity contribution in [3.63, 3.8) is 0 Å². The van der Waals surface area contributed by atoms with Crippen molar-refractivity contribution in [2.24, 2.45) is 0 Å². The van der Waals surface area contributed by atoms with Crippen molar-refractivity contribution in [3.05, 3.63) is 66.8 Å². The maximum absolute atomic E-state index is 16.1. The summed E-state index contributed by atoms with van der Waals surface area (Å²) >= 11 is 1.91. The van der Waals surface area contributed by atoms with Gasteiger partial charge in [0.2, 0.25) is 0 Å². The third-order valence-electron chi connectivity index (χ3n) is 9.41. The van der Waals surface area contributed by atoms with E-state index >= 15 is 8.78 Å². The molecule has 0 amide bonds. The number of anilines is 1. The average Bonchev–Trinajstić information content (AvgIpc) is 3.69. The van der Waals surface area contributed by atoms with E-state index in [-0.39, 0.29) is 115 Å². The molecule has 3 saturated heterocycles. The van der Waals surface area contributed by atoms with Gasteiger partial charge >= 0.3 is 74.9 Å². The Morgan fingerprint density at radius 2 is 1.76 bits per heavy atom. The first-order valence-electron chi connectivity index (χ1n) is 16.1. The number of hydrogen-bond acceptors (Lipinski definition) is 8. The molecule has 0 spiro atoms. The van der Waals surface area contributed by atoms with Crippen molar-refractivity contribution in [2.75, 3.05) is 43.7 Å². The topological polar surface area (TPSA) is 82.5 Å². The summed E-state index contributed by atoms with van der Waals surface area (Å²) in [5.74, 6) is 1.72. The molecular weight excluding hydrogens is 768 g/mol. The number of aromatic nitrogens is 2. The van der Waals surface area contributed by atoms with E-state index in [9.17, 15) is 4.39 Å². The van der Waals surface area contributed by atoms with E-state index in [1.54, 1.807) is 12.1 Å². The molecule has 2 bridgehead atoms. The number of nitrogens with one attached hydrogen (secondary N) is 2. The van der Waals surface area contributed by atoms with E-state index in [2.05, 4.69) is 32.8 Å². The summed E-state index contributed by atoms with van der Waals surface area (Å²) in [4.78, 5) is 10.7. The standard InChI is InChI=1S/C27H21F3N4O.C9H19NOS.CH3.Cs/c1-3-17-20(28)10-7-14-5-4-6-18(22(14)17)23-21(29)11-19-25(24(23)30)32-27(35-2)33-26(19)34-12-15-8-9-16(13-34)31-15;1-12-6-2-3-8-4-5-9(7-11)10-8;;/h1,4-7,10-11,15-16,31H,8-9,12-13H2,2H3;8-11H,2-7H2,1H3;1H3;/q;;-1;+1. The number of nitrogens with zero attached hydrogens (tertiary/aromatic N) is 3. The van der Waals surface area contributed by atoms with Gasteiger partial charge in [0.1, 0.15) is 23.0 Å². The number of ether oxygens (including phenoxy) is 1. The van der Waals surface area contributed by atoms with E-state index in [4.69, 9.17) is 16.3 Å². The molecule has 4 atom stereocenters. The van der Waals surface area contributed by atoms with Crippen molar-refractivity contribution in [1.29, 1.82) is 0 Å². The summed E-state index contributed by atoms with van der Waals surface area (Å²) in [7, 11) is 1.40. The van der Waals surface area contributed by atoms with Crippen LogP contribution in [0.2, 0.25) is 0 Å². The molecule has 256 valence electrons. The maximum Gasteiger partial charge on any atom is 1.00 e. The zero-order chi connectivity index (χ0) is 33.1. The fraction of sp³-hybridized carbons (Fsp3) is 0.432. The second-order valence-corrected chi connectivity index (χ2v) is 13.4. The van der Waals surface area contributed by atoms with Crippen molar-refractivity contribution in [2.45, 2.75) is 62.7 Å². The number of methoxy groups -OCH3 is 1. The van der Waals surface area contributed by atoms with E-state index < -0.39 is 17.5 Å². The molecule has 7 nitrogen and oxygen atoms in total. The zero-order valence-corrected chi connectivity index (χ0v) is 35.8. The molecule has 49 heavy (non-hydrogen) atoms. The molecule has 4 aromatic rings. The monoisotopic (exact) mass is 811 g/mol. The Bertz CT molecular complexity index is 1800. The summed E-state index contributed by atoms with van der Waals surface area (Å²) in [6.07, 6.45) is 14.8. The Kier molecular flexibility index (Phi) is 15.0. The second kappa shape index (κ2) is 18.3. The Morgan fingerprint density at radius 3 is 2.41 bits per heavy atom. The van der Waals surface area contributed by atoms with Crippen LogP contribution in [0.1, 0.15) is 44.1 Å². The molecule has 4 heterocycles. The van der Waals surface area contributed by atoms with E-state index in [1.807, 2.05) is 16.7 Å². The molecule has 0 aliphatic carbocycles. The minimum atomic E-state index is -0.875. The number of hydrogen-bond donors (Lipinski definition) is 3. The van der Waals surface area contributed by atoms with Crippen LogP contribution < -0.4 is 89.2 Å². The summed E-state index contributed by atoms with van der Waals surface area (Å²) < 4.78 is 51.7. The van der Waals surface area contributed by atoms with E-state index in [1.165, 1.54) is 56.4 Å². The molecule has 3 N–H and O–H groups in total. The number of benzene rings is 3. The largest absolute Gasteiger partial charge is 1.00 e. The Hall–Kier alpha value is -1.51. The van der Waals surface area contributed by atoms with Crippen molar-refractivity contribution in [3.8, 4) is 29.5 Å². The smallest absolute Gasteiger partial charge is 0.467 e. The predicted molar refractivity (Wildman–Crippen MR) is 190 cm³/mol. The maximum atomic E-state index is 16.1. The summed E-state index contributed by atoms with van der Waals surface area (Å²) in [6.45, 7) is 1.65. The van der Waals surface area contributed by atoms with Crippen LogP contribution in [0.15, 0.2) is 36.4 Å². The molecule has 0 saturated carbocycles. The molecule has 3 aromatic carbocycles. The fourth-order valence-corrected chi connectivity index (χ4v) is 7.62. The molecule has 3 aliphatic heterocycles. The number of terminal acetylenes is 1. The third kappa shape index (κ3) is 8.76. The number of aliphatic hydroxyl groups excluding tert-OH is 1. The molecular formula is C37H43CsF3N5O2S. The zero-order valence-electron chi connectivity index (χ0n) is 28.7. The molecule has 4 unspecified atom stereocenters. The van der Waals surface area contributed by atoms with Gasteiger partial charge < -0.3 is 32.8 Å². The van der Waals surface area contributed by atoms with Crippen LogP contribution in [0.3, 0.4) is 0 Å². The van der Waals surface area contributed by atoms with Gasteiger partial charge in [-0.1, -0.05) is 30.2 Å². The predicted octanol–water partition coefficient (Wildman–Crippen LogP) is 3.49. The van der Waals surface area contributed by atoms with Gasteiger partial charge in [-0.15, -0.1) is 6.42 Å². The minimum absolute atomic E-state index is 0. The van der Waals surface area contributed by atoms with Crippen LogP contribution in [0.5, 0.6) is 6.01 Å². The number of fused-ring (bicyclic) bond motifs is 4. The number of thioether (sulfide) groups is 1. The number of piperazine rings is 1. The van der Waals surface area contributed by atoms with Gasteiger partial charge in [0, 0.05) is 48.0 Å². The first-order chi connectivity index (χ1) is 22.8. The molecule has 12 heteroatoms. The number of halogens is 3. The quantitative estimate of drug-likeness (QED) is 0.142. The normalized spacial score (nSPS) is 21.0. The Labute approximate surface area is 350 Å². The molecule has 7 rings (SSSR count). The van der Waals surface area contributed by atoms with Gasteiger partial charge in [-0.25, -0.2) is 13.2 Å². The Balaban J connectivity index is 0.000000331. The van der Waals surface area contributed by atoms with Gasteiger partial charge in [0.25, 0.3) is 0 Å². The van der Waals surface area contributed by atoms with Crippen LogP contribution in [0.4, 0.5) is 19.0 Å². The van der Waals surface area contributed by atoms with E-state index in [0.29, 0.717) is 55.1 Å². The van der Waals surface area contributed by atoms with Gasteiger partial charge in [-0.05, 0) is 73.6 Å². The van der Waals surface area contributed by atoms with Crippen molar-refractivity contribution in [1.82, 2.24) is 20.6 Å². The van der Waals surface area contributed by atoms with Crippen LogP contribution in [-0.4, -0.2) is 78.1 Å². The first kappa shape index (κ1) is 40.3. The summed E-state index contributed by atoms with van der Waals surface area (Å²) in [6, 6.07) is 10.6. The van der Waals surface area contributed by atoms with Crippen LogP contribution in [-0.2, 0) is 0 Å². The summed E-state index contributed by atoms with van der Waals surface area (Å²) in [5.41, 5.74) is -0.275. The van der Waals surface area contributed by atoms with Gasteiger partial charge in [-0.2, -0.15) is 21.7 Å². The Morgan fingerprint density at radius 1 is 1.02 bits per heavy atom. The van der Waals surface area contributed by atoms with Gasteiger partial charge in [0.15, 0.2) is 5.82 Å². The van der Waals surface area contributed by atoms with Crippen molar-refractivity contribution < 1.29 is 91.9 Å². The minimum Gasteiger partial charge on any atom is -0.467 e. The summed E-state index contributed by atoms with van der Waals surface area (Å²) in [5, 5.41) is 17.0. The first-order valence-corrected chi connectivity index (χ1v) is 17.5. The van der Waals surface area contributed by atoms with Crippen molar-refractivity contribution >= 4 is 39.3 Å².